The van der Waals surface area contributed by atoms with E-state index in [1.54, 1.807) is 0 Å². The summed E-state index contributed by atoms with van der Waals surface area (Å²) in [6, 6.07) is 0. The van der Waals surface area contributed by atoms with Gasteiger partial charge >= 0.3 is 0 Å². The largest absolute Gasteiger partial charge is 0.396 e. The highest BCUT2D eigenvalue weighted by molar-refractivity contribution is 4.93. The predicted octanol–water partition coefficient (Wildman–Crippen LogP) is 2.18. The quantitative estimate of drug-likeness (QED) is 0.773. The molecular formula is C14H27NO2. The fourth-order valence-electron chi connectivity index (χ4n) is 3.37. The lowest BCUT2D eigenvalue weighted by Crippen LogP contribution is -2.35. The number of rotatable bonds is 6. The lowest BCUT2D eigenvalue weighted by molar-refractivity contribution is -0.0471. The Morgan fingerprint density at radius 2 is 2.06 bits per heavy atom. The van der Waals surface area contributed by atoms with Crippen molar-refractivity contribution in [3.8, 4) is 0 Å². The third-order valence-electron chi connectivity index (χ3n) is 4.39. The van der Waals surface area contributed by atoms with Gasteiger partial charge in [-0.2, -0.15) is 0 Å². The van der Waals surface area contributed by atoms with Gasteiger partial charge in [0.1, 0.15) is 0 Å². The van der Waals surface area contributed by atoms with Gasteiger partial charge in [0, 0.05) is 19.7 Å². The molecule has 1 unspecified atom stereocenters. The third-order valence-corrected chi connectivity index (χ3v) is 4.39. The second-order valence-electron chi connectivity index (χ2n) is 5.64. The van der Waals surface area contributed by atoms with Crippen LogP contribution in [0.2, 0.25) is 0 Å². The van der Waals surface area contributed by atoms with Crippen molar-refractivity contribution in [3.63, 3.8) is 0 Å². The van der Waals surface area contributed by atoms with Crippen molar-refractivity contribution < 1.29 is 9.84 Å². The molecule has 2 fully saturated rings. The summed E-state index contributed by atoms with van der Waals surface area (Å²) >= 11 is 0. The van der Waals surface area contributed by atoms with Crippen LogP contribution < -0.4 is 0 Å². The first-order valence-electron chi connectivity index (χ1n) is 7.29. The van der Waals surface area contributed by atoms with E-state index in [0.29, 0.717) is 12.7 Å². The highest BCUT2D eigenvalue weighted by Crippen LogP contribution is 2.43. The van der Waals surface area contributed by atoms with Crippen molar-refractivity contribution in [2.45, 2.75) is 63.6 Å². The molecular weight excluding hydrogens is 214 g/mol. The molecule has 17 heavy (non-hydrogen) atoms. The zero-order valence-corrected chi connectivity index (χ0v) is 11.2. The summed E-state index contributed by atoms with van der Waals surface area (Å²) in [5.41, 5.74) is 0.265. The van der Waals surface area contributed by atoms with Gasteiger partial charge in [-0.05, 0) is 38.6 Å². The minimum atomic E-state index is 0.265. The molecule has 2 rings (SSSR count). The van der Waals surface area contributed by atoms with Gasteiger partial charge in [0.25, 0.3) is 0 Å². The summed E-state index contributed by atoms with van der Waals surface area (Å²) < 4.78 is 6.32. The molecule has 0 aromatic heterocycles. The first-order valence-corrected chi connectivity index (χ1v) is 7.29. The number of aliphatic hydroxyl groups excluding tert-OH is 1. The Labute approximate surface area is 105 Å². The number of aliphatic hydroxyl groups is 1. The van der Waals surface area contributed by atoms with E-state index in [1.807, 2.05) is 0 Å². The summed E-state index contributed by atoms with van der Waals surface area (Å²) in [5, 5.41) is 8.88. The molecule has 2 aliphatic rings. The van der Waals surface area contributed by atoms with Crippen LogP contribution in [0.1, 0.15) is 51.9 Å². The monoisotopic (exact) mass is 241 g/mol. The predicted molar refractivity (Wildman–Crippen MR) is 69.1 cm³/mol. The molecule has 1 saturated carbocycles. The van der Waals surface area contributed by atoms with E-state index in [-0.39, 0.29) is 5.60 Å². The van der Waals surface area contributed by atoms with Crippen LogP contribution >= 0.6 is 0 Å². The van der Waals surface area contributed by atoms with Gasteiger partial charge in [0.05, 0.1) is 11.7 Å². The summed E-state index contributed by atoms with van der Waals surface area (Å²) in [6.45, 7) is 5.61. The number of hydrogen-bond donors (Lipinski definition) is 1. The van der Waals surface area contributed by atoms with Crippen LogP contribution in [0.5, 0.6) is 0 Å². The second kappa shape index (κ2) is 6.17. The SMILES string of the molecule is CCN(CCCO)CC1CCC2(CCCC2)O1. The average molecular weight is 241 g/mol. The molecule has 0 aromatic rings. The highest BCUT2D eigenvalue weighted by Gasteiger charge is 2.42. The van der Waals surface area contributed by atoms with E-state index in [2.05, 4.69) is 11.8 Å². The Bertz CT molecular complexity index is 226. The smallest absolute Gasteiger partial charge is 0.0710 e. The number of hydrogen-bond acceptors (Lipinski definition) is 3. The fourth-order valence-corrected chi connectivity index (χ4v) is 3.37. The molecule has 0 bridgehead atoms. The zero-order valence-electron chi connectivity index (χ0n) is 11.2. The molecule has 1 atom stereocenters. The van der Waals surface area contributed by atoms with Gasteiger partial charge in [0.2, 0.25) is 0 Å². The molecule has 3 nitrogen and oxygen atoms in total. The van der Waals surface area contributed by atoms with E-state index in [4.69, 9.17) is 9.84 Å². The van der Waals surface area contributed by atoms with E-state index < -0.39 is 0 Å². The van der Waals surface area contributed by atoms with Crippen LogP contribution in [0, 0.1) is 0 Å². The minimum absolute atomic E-state index is 0.265. The Morgan fingerprint density at radius 1 is 1.29 bits per heavy atom. The lowest BCUT2D eigenvalue weighted by atomic mass is 9.98. The van der Waals surface area contributed by atoms with Crippen LogP contribution in [0.3, 0.4) is 0 Å². The van der Waals surface area contributed by atoms with Crippen LogP contribution in [-0.2, 0) is 4.74 Å². The molecule has 1 heterocycles. The van der Waals surface area contributed by atoms with Crippen LogP contribution in [0.4, 0.5) is 0 Å². The first-order chi connectivity index (χ1) is 8.28. The summed E-state index contributed by atoms with van der Waals surface area (Å²) in [7, 11) is 0. The van der Waals surface area contributed by atoms with Gasteiger partial charge in [-0.15, -0.1) is 0 Å². The molecule has 0 aromatic carbocycles. The first kappa shape index (κ1) is 13.3. The zero-order chi connectivity index (χ0) is 12.1. The van der Waals surface area contributed by atoms with Crippen molar-refractivity contribution in [2.75, 3.05) is 26.2 Å². The normalized spacial score (nSPS) is 27.4. The van der Waals surface area contributed by atoms with Gasteiger partial charge in [-0.1, -0.05) is 19.8 Å². The number of ether oxygens (including phenoxy) is 1. The van der Waals surface area contributed by atoms with Crippen molar-refractivity contribution >= 4 is 0 Å². The maximum atomic E-state index is 8.88. The van der Waals surface area contributed by atoms with E-state index >= 15 is 0 Å². The van der Waals surface area contributed by atoms with E-state index in [1.165, 1.54) is 38.5 Å². The van der Waals surface area contributed by atoms with E-state index in [0.717, 1.165) is 26.1 Å². The van der Waals surface area contributed by atoms with Crippen molar-refractivity contribution in [1.29, 1.82) is 0 Å². The molecule has 3 heteroatoms. The molecule has 100 valence electrons. The van der Waals surface area contributed by atoms with Crippen LogP contribution in [-0.4, -0.2) is 48.0 Å². The second-order valence-corrected chi connectivity index (χ2v) is 5.64. The maximum absolute atomic E-state index is 8.88. The maximum Gasteiger partial charge on any atom is 0.0710 e. The highest BCUT2D eigenvalue weighted by atomic mass is 16.5. The van der Waals surface area contributed by atoms with Gasteiger partial charge in [-0.3, -0.25) is 0 Å². The lowest BCUT2D eigenvalue weighted by Gasteiger charge is -2.27. The van der Waals surface area contributed by atoms with Crippen LogP contribution in [0.25, 0.3) is 0 Å². The van der Waals surface area contributed by atoms with E-state index in [9.17, 15) is 0 Å². The van der Waals surface area contributed by atoms with Crippen molar-refractivity contribution in [2.24, 2.45) is 0 Å². The molecule has 1 N–H and O–H groups in total. The van der Waals surface area contributed by atoms with Gasteiger partial charge in [-0.25, -0.2) is 0 Å². The summed E-state index contributed by atoms with van der Waals surface area (Å²) in [6.07, 6.45) is 9.10. The number of likely N-dealkylation sites (N-methyl/N-ethyl adjacent to an activating group) is 1. The molecule has 1 spiro atoms. The Balaban J connectivity index is 1.75. The Kier molecular flexibility index (Phi) is 4.83. The van der Waals surface area contributed by atoms with Crippen molar-refractivity contribution in [1.82, 2.24) is 4.90 Å². The third kappa shape index (κ3) is 3.43. The van der Waals surface area contributed by atoms with Crippen LogP contribution in [0.15, 0.2) is 0 Å². The summed E-state index contributed by atoms with van der Waals surface area (Å²) in [4.78, 5) is 2.41. The summed E-state index contributed by atoms with van der Waals surface area (Å²) in [5.74, 6) is 0. The Hall–Kier alpha value is -0.120. The van der Waals surface area contributed by atoms with Gasteiger partial charge < -0.3 is 14.7 Å². The average Bonchev–Trinajstić information content (AvgIpc) is 2.96. The fraction of sp³-hybridized carbons (Fsp3) is 1.00. The molecule has 0 amide bonds. The van der Waals surface area contributed by atoms with Crippen molar-refractivity contribution in [3.05, 3.63) is 0 Å². The molecule has 1 aliphatic carbocycles. The molecule has 1 aliphatic heterocycles. The number of nitrogens with zero attached hydrogens (tertiary/aromatic N) is 1. The Morgan fingerprint density at radius 3 is 2.71 bits per heavy atom. The minimum Gasteiger partial charge on any atom is -0.396 e. The topological polar surface area (TPSA) is 32.7 Å². The molecule has 0 radical (unpaired) electrons. The van der Waals surface area contributed by atoms with Gasteiger partial charge in [0.15, 0.2) is 0 Å². The molecule has 1 saturated heterocycles. The standard InChI is InChI=1S/C14H27NO2/c1-2-15(10-5-11-16)12-13-6-9-14(17-13)7-3-4-8-14/h13,16H,2-12H2,1H3.